The summed E-state index contributed by atoms with van der Waals surface area (Å²) in [5, 5.41) is 8.22. The van der Waals surface area contributed by atoms with E-state index in [1.165, 1.54) is 0 Å². The molecule has 4 heterocycles. The predicted octanol–water partition coefficient (Wildman–Crippen LogP) is 1.70. The molecule has 1 aliphatic heterocycles. The molecule has 8 heteroatoms. The highest BCUT2D eigenvalue weighted by atomic mass is 16.5. The molecular formula is C17H18N6O2. The Morgan fingerprint density at radius 1 is 1.32 bits per heavy atom. The summed E-state index contributed by atoms with van der Waals surface area (Å²) < 4.78 is 7.15. The van der Waals surface area contributed by atoms with Gasteiger partial charge in [0.15, 0.2) is 5.82 Å². The van der Waals surface area contributed by atoms with Crippen LogP contribution in [0.15, 0.2) is 41.4 Å². The Labute approximate surface area is 144 Å². The number of aryl methyl sites for hydroxylation is 1. The van der Waals surface area contributed by atoms with Crippen molar-refractivity contribution in [2.24, 2.45) is 7.05 Å². The largest absolute Gasteiger partial charge is 0.339 e. The summed E-state index contributed by atoms with van der Waals surface area (Å²) in [7, 11) is 1.83. The van der Waals surface area contributed by atoms with Crippen molar-refractivity contribution in [1.82, 2.24) is 24.9 Å². The van der Waals surface area contributed by atoms with Gasteiger partial charge in [-0.25, -0.2) is 0 Å². The van der Waals surface area contributed by atoms with E-state index in [1.54, 1.807) is 28.2 Å². The maximum Gasteiger partial charge on any atom is 0.231 e. The lowest BCUT2D eigenvalue weighted by molar-refractivity contribution is -0.119. The molecule has 1 aliphatic rings. The van der Waals surface area contributed by atoms with Crippen molar-refractivity contribution in [2.75, 3.05) is 11.4 Å². The molecule has 0 radical (unpaired) electrons. The Hall–Kier alpha value is -3.03. The van der Waals surface area contributed by atoms with Gasteiger partial charge in [0.25, 0.3) is 0 Å². The SMILES string of the molecule is Cn1cc(N2CC(c3nc(Cc4ccncc4)no3)CCC2=O)cn1. The molecule has 1 saturated heterocycles. The Kier molecular flexibility index (Phi) is 4.01. The molecule has 0 bridgehead atoms. The molecule has 0 spiro atoms. The summed E-state index contributed by atoms with van der Waals surface area (Å²) >= 11 is 0. The minimum atomic E-state index is 0.0385. The van der Waals surface area contributed by atoms with Crippen molar-refractivity contribution in [2.45, 2.75) is 25.2 Å². The lowest BCUT2D eigenvalue weighted by Gasteiger charge is -2.29. The van der Waals surface area contributed by atoms with Gasteiger partial charge in [-0.15, -0.1) is 0 Å². The van der Waals surface area contributed by atoms with Crippen LogP contribution in [0.5, 0.6) is 0 Å². The lowest BCUT2D eigenvalue weighted by atomic mass is 9.97. The van der Waals surface area contributed by atoms with Crippen LogP contribution in [0.1, 0.15) is 36.0 Å². The zero-order valence-corrected chi connectivity index (χ0v) is 13.9. The number of piperidine rings is 1. The Bertz CT molecular complexity index is 872. The number of pyridine rings is 1. The van der Waals surface area contributed by atoms with Crippen LogP contribution in [0, 0.1) is 0 Å². The Morgan fingerprint density at radius 3 is 2.92 bits per heavy atom. The van der Waals surface area contributed by atoms with Crippen LogP contribution in [-0.2, 0) is 18.3 Å². The number of aromatic nitrogens is 5. The molecule has 0 saturated carbocycles. The second-order valence-corrected chi connectivity index (χ2v) is 6.19. The minimum Gasteiger partial charge on any atom is -0.339 e. The third-order valence-corrected chi connectivity index (χ3v) is 4.36. The van der Waals surface area contributed by atoms with Gasteiger partial charge in [0, 0.05) is 45.0 Å². The van der Waals surface area contributed by atoms with Gasteiger partial charge in [0.05, 0.1) is 17.8 Å². The summed E-state index contributed by atoms with van der Waals surface area (Å²) in [6.45, 7) is 0.529. The number of nitrogens with zero attached hydrogens (tertiary/aromatic N) is 6. The van der Waals surface area contributed by atoms with Crippen molar-refractivity contribution in [3.8, 4) is 0 Å². The van der Waals surface area contributed by atoms with Crippen molar-refractivity contribution in [3.63, 3.8) is 0 Å². The molecule has 4 rings (SSSR count). The van der Waals surface area contributed by atoms with E-state index >= 15 is 0 Å². The highest BCUT2D eigenvalue weighted by molar-refractivity contribution is 5.94. The lowest BCUT2D eigenvalue weighted by Crippen LogP contribution is -2.39. The maximum atomic E-state index is 12.2. The molecule has 3 aromatic rings. The van der Waals surface area contributed by atoms with E-state index in [0.717, 1.165) is 11.3 Å². The van der Waals surface area contributed by atoms with Crippen molar-refractivity contribution >= 4 is 11.6 Å². The van der Waals surface area contributed by atoms with Crippen LogP contribution in [0.3, 0.4) is 0 Å². The normalized spacial score (nSPS) is 17.9. The van der Waals surface area contributed by atoms with E-state index in [0.29, 0.717) is 37.5 Å². The first-order chi connectivity index (χ1) is 12.2. The number of carbonyl (C=O) groups is 1. The third-order valence-electron chi connectivity index (χ3n) is 4.36. The fourth-order valence-electron chi connectivity index (χ4n) is 3.03. The van der Waals surface area contributed by atoms with Gasteiger partial charge in [-0.3, -0.25) is 14.5 Å². The molecular weight excluding hydrogens is 320 g/mol. The minimum absolute atomic E-state index is 0.0385. The van der Waals surface area contributed by atoms with Crippen LogP contribution in [0.2, 0.25) is 0 Å². The first-order valence-corrected chi connectivity index (χ1v) is 8.19. The molecule has 1 unspecified atom stereocenters. The van der Waals surface area contributed by atoms with Gasteiger partial charge in [-0.2, -0.15) is 10.1 Å². The van der Waals surface area contributed by atoms with Gasteiger partial charge in [-0.1, -0.05) is 5.16 Å². The molecule has 1 atom stereocenters. The molecule has 0 aliphatic carbocycles. The Balaban J connectivity index is 1.49. The monoisotopic (exact) mass is 338 g/mol. The zero-order chi connectivity index (χ0) is 17.2. The summed E-state index contributed by atoms with van der Waals surface area (Å²) in [6, 6.07) is 3.86. The highest BCUT2D eigenvalue weighted by Gasteiger charge is 2.31. The fraction of sp³-hybridized carbons (Fsp3) is 0.353. The molecule has 0 N–H and O–H groups in total. The number of rotatable bonds is 4. The fourth-order valence-corrected chi connectivity index (χ4v) is 3.03. The third kappa shape index (κ3) is 3.28. The molecule has 25 heavy (non-hydrogen) atoms. The van der Waals surface area contributed by atoms with E-state index in [4.69, 9.17) is 4.52 Å². The van der Waals surface area contributed by atoms with Crippen LogP contribution in [0.4, 0.5) is 5.69 Å². The van der Waals surface area contributed by atoms with Gasteiger partial charge < -0.3 is 9.42 Å². The van der Waals surface area contributed by atoms with Crippen LogP contribution in [0.25, 0.3) is 0 Å². The summed E-state index contributed by atoms with van der Waals surface area (Å²) in [4.78, 5) is 22.5. The number of carbonyl (C=O) groups excluding carboxylic acids is 1. The van der Waals surface area contributed by atoms with Crippen molar-refractivity contribution in [1.29, 1.82) is 0 Å². The summed E-state index contributed by atoms with van der Waals surface area (Å²) in [5.41, 5.74) is 1.88. The summed E-state index contributed by atoms with van der Waals surface area (Å²) in [6.07, 6.45) is 8.80. The number of amides is 1. The van der Waals surface area contributed by atoms with E-state index in [2.05, 4.69) is 20.2 Å². The molecule has 8 nitrogen and oxygen atoms in total. The first kappa shape index (κ1) is 15.5. The number of hydrogen-bond donors (Lipinski definition) is 0. The molecule has 128 valence electrons. The Morgan fingerprint density at radius 2 is 2.16 bits per heavy atom. The standard InChI is InChI=1S/C17H18N6O2/c1-22-11-14(9-19-22)23-10-13(2-3-16(23)24)17-20-15(21-25-17)8-12-4-6-18-7-5-12/h4-7,9,11,13H,2-3,8,10H2,1H3. The summed E-state index contributed by atoms with van der Waals surface area (Å²) in [5.74, 6) is 1.37. The van der Waals surface area contributed by atoms with Gasteiger partial charge >= 0.3 is 0 Å². The van der Waals surface area contributed by atoms with Gasteiger partial charge in [0.1, 0.15) is 0 Å². The smallest absolute Gasteiger partial charge is 0.231 e. The topological polar surface area (TPSA) is 89.9 Å². The quantitative estimate of drug-likeness (QED) is 0.719. The number of anilines is 1. The van der Waals surface area contributed by atoms with Crippen LogP contribution in [-0.4, -0.2) is 37.4 Å². The van der Waals surface area contributed by atoms with Crippen molar-refractivity contribution < 1.29 is 9.32 Å². The zero-order valence-electron chi connectivity index (χ0n) is 13.9. The first-order valence-electron chi connectivity index (χ1n) is 8.19. The van der Waals surface area contributed by atoms with E-state index < -0.39 is 0 Å². The van der Waals surface area contributed by atoms with Crippen LogP contribution >= 0.6 is 0 Å². The predicted molar refractivity (Wildman–Crippen MR) is 88.9 cm³/mol. The molecule has 0 aromatic carbocycles. The van der Waals surface area contributed by atoms with Crippen LogP contribution < -0.4 is 4.90 Å². The average molecular weight is 338 g/mol. The maximum absolute atomic E-state index is 12.2. The van der Waals surface area contributed by atoms with Gasteiger partial charge in [0.2, 0.25) is 11.8 Å². The van der Waals surface area contributed by atoms with Crippen molar-refractivity contribution in [3.05, 3.63) is 54.2 Å². The molecule has 3 aromatic heterocycles. The van der Waals surface area contributed by atoms with E-state index in [9.17, 15) is 4.79 Å². The van der Waals surface area contributed by atoms with E-state index in [1.807, 2.05) is 25.4 Å². The molecule has 1 amide bonds. The van der Waals surface area contributed by atoms with Gasteiger partial charge in [-0.05, 0) is 24.1 Å². The molecule has 1 fully saturated rings. The second-order valence-electron chi connectivity index (χ2n) is 6.19. The van der Waals surface area contributed by atoms with E-state index in [-0.39, 0.29) is 11.8 Å². The highest BCUT2D eigenvalue weighted by Crippen LogP contribution is 2.29. The number of hydrogen-bond acceptors (Lipinski definition) is 6. The second kappa shape index (κ2) is 6.46. The average Bonchev–Trinajstić information content (AvgIpc) is 3.26.